The van der Waals surface area contributed by atoms with E-state index < -0.39 is 17.9 Å². The van der Waals surface area contributed by atoms with Gasteiger partial charge < -0.3 is 20.5 Å². The number of hydrogen-bond donors (Lipinski definition) is 2. The first-order chi connectivity index (χ1) is 8.59. The summed E-state index contributed by atoms with van der Waals surface area (Å²) >= 11 is 0. The highest BCUT2D eigenvalue weighted by molar-refractivity contribution is 6.00. The van der Waals surface area contributed by atoms with Gasteiger partial charge in [-0.25, -0.2) is 0 Å². The molecule has 6 nitrogen and oxygen atoms in total. The Morgan fingerprint density at radius 3 is 2.89 bits per heavy atom. The quantitative estimate of drug-likeness (QED) is 0.800. The summed E-state index contributed by atoms with van der Waals surface area (Å²) in [6.45, 7) is 0.756. The predicted octanol–water partition coefficient (Wildman–Crippen LogP) is 0.214. The van der Waals surface area contributed by atoms with Crippen molar-refractivity contribution >= 4 is 17.6 Å². The van der Waals surface area contributed by atoms with Crippen LogP contribution in [0.25, 0.3) is 0 Å². The summed E-state index contributed by atoms with van der Waals surface area (Å²) in [6, 6.07) is 6.08. The SMILES string of the molecule is NC(CC(=O)O)C(=O)N1CCOc2ccccc21. The number of anilines is 1. The summed E-state index contributed by atoms with van der Waals surface area (Å²) in [5.74, 6) is -0.870. The maximum Gasteiger partial charge on any atom is 0.305 e. The number of carbonyl (C=O) groups excluding carboxylic acids is 1. The molecule has 6 heteroatoms. The zero-order valence-electron chi connectivity index (χ0n) is 9.70. The van der Waals surface area contributed by atoms with Crippen LogP contribution in [0.1, 0.15) is 6.42 Å². The number of aliphatic carboxylic acids is 1. The Morgan fingerprint density at radius 2 is 2.17 bits per heavy atom. The van der Waals surface area contributed by atoms with Gasteiger partial charge in [0.25, 0.3) is 0 Å². The molecule has 0 spiro atoms. The second-order valence-electron chi connectivity index (χ2n) is 4.01. The maximum absolute atomic E-state index is 12.1. The van der Waals surface area contributed by atoms with Crippen LogP contribution in [0.4, 0.5) is 5.69 Å². The molecule has 18 heavy (non-hydrogen) atoms. The molecule has 0 saturated heterocycles. The van der Waals surface area contributed by atoms with Crippen LogP contribution in [-0.2, 0) is 9.59 Å². The van der Waals surface area contributed by atoms with Crippen molar-refractivity contribution in [2.75, 3.05) is 18.1 Å². The van der Waals surface area contributed by atoms with E-state index in [1.165, 1.54) is 4.90 Å². The Kier molecular flexibility index (Phi) is 3.47. The topological polar surface area (TPSA) is 92.9 Å². The Balaban J connectivity index is 2.20. The van der Waals surface area contributed by atoms with E-state index in [1.54, 1.807) is 18.2 Å². The molecular formula is C12H14N2O4. The first-order valence-electron chi connectivity index (χ1n) is 5.60. The first kappa shape index (κ1) is 12.4. The normalized spacial score (nSPS) is 15.5. The number of carbonyl (C=O) groups is 2. The van der Waals surface area contributed by atoms with Gasteiger partial charge in [0.05, 0.1) is 24.7 Å². The van der Waals surface area contributed by atoms with Gasteiger partial charge in [0.1, 0.15) is 12.4 Å². The Hall–Kier alpha value is -2.08. The number of carboxylic acid groups (broad SMARTS) is 1. The minimum Gasteiger partial charge on any atom is -0.490 e. The number of amides is 1. The van der Waals surface area contributed by atoms with Crippen LogP contribution < -0.4 is 15.4 Å². The van der Waals surface area contributed by atoms with Gasteiger partial charge in [-0.1, -0.05) is 12.1 Å². The molecule has 0 saturated carbocycles. The van der Waals surface area contributed by atoms with Crippen LogP contribution >= 0.6 is 0 Å². The van der Waals surface area contributed by atoms with Crippen molar-refractivity contribution in [1.29, 1.82) is 0 Å². The summed E-state index contributed by atoms with van der Waals surface area (Å²) in [4.78, 5) is 24.1. The van der Waals surface area contributed by atoms with Gasteiger partial charge in [-0.05, 0) is 12.1 Å². The highest BCUT2D eigenvalue weighted by Crippen LogP contribution is 2.31. The van der Waals surface area contributed by atoms with Gasteiger partial charge >= 0.3 is 5.97 Å². The molecule has 1 aromatic rings. The fraction of sp³-hybridized carbons (Fsp3) is 0.333. The van der Waals surface area contributed by atoms with Crippen molar-refractivity contribution in [2.45, 2.75) is 12.5 Å². The van der Waals surface area contributed by atoms with Crippen LogP contribution in [0, 0.1) is 0 Å². The summed E-state index contributed by atoms with van der Waals surface area (Å²) in [6.07, 6.45) is -0.377. The van der Waals surface area contributed by atoms with Crippen molar-refractivity contribution in [3.05, 3.63) is 24.3 Å². The molecule has 3 N–H and O–H groups in total. The van der Waals surface area contributed by atoms with Crippen molar-refractivity contribution in [3.8, 4) is 5.75 Å². The number of nitrogens with zero attached hydrogens (tertiary/aromatic N) is 1. The molecule has 1 atom stereocenters. The molecule has 1 amide bonds. The number of benzene rings is 1. The van der Waals surface area contributed by atoms with E-state index in [9.17, 15) is 9.59 Å². The predicted molar refractivity (Wildman–Crippen MR) is 64.5 cm³/mol. The fourth-order valence-corrected chi connectivity index (χ4v) is 1.87. The third kappa shape index (κ3) is 2.43. The highest BCUT2D eigenvalue weighted by Gasteiger charge is 2.28. The smallest absolute Gasteiger partial charge is 0.305 e. The minimum absolute atomic E-state index is 0.377. The van der Waals surface area contributed by atoms with Crippen LogP contribution in [0.5, 0.6) is 5.75 Å². The molecule has 1 aliphatic rings. The van der Waals surface area contributed by atoms with Gasteiger partial charge in [0.15, 0.2) is 0 Å². The number of rotatable bonds is 3. The molecule has 0 bridgehead atoms. The lowest BCUT2D eigenvalue weighted by molar-refractivity contribution is -0.139. The number of ether oxygens (including phenoxy) is 1. The van der Waals surface area contributed by atoms with Crippen LogP contribution in [0.2, 0.25) is 0 Å². The van der Waals surface area contributed by atoms with Crippen LogP contribution in [-0.4, -0.2) is 36.2 Å². The minimum atomic E-state index is -1.09. The van der Waals surface area contributed by atoms with Gasteiger partial charge in [-0.2, -0.15) is 0 Å². The average Bonchev–Trinajstić information content (AvgIpc) is 2.36. The number of para-hydroxylation sites is 2. The largest absolute Gasteiger partial charge is 0.490 e. The number of fused-ring (bicyclic) bond motifs is 1. The van der Waals surface area contributed by atoms with Gasteiger partial charge in [-0.3, -0.25) is 9.59 Å². The molecule has 0 fully saturated rings. The zero-order chi connectivity index (χ0) is 13.1. The first-order valence-corrected chi connectivity index (χ1v) is 5.60. The standard InChI is InChI=1S/C12H14N2O4/c13-8(7-11(15)16)12(17)14-5-6-18-10-4-2-1-3-9(10)14/h1-4,8H,5-7,13H2,(H,15,16). The molecule has 1 aliphatic heterocycles. The molecule has 96 valence electrons. The maximum atomic E-state index is 12.1. The third-order valence-corrected chi connectivity index (χ3v) is 2.71. The van der Waals surface area contributed by atoms with Crippen LogP contribution in [0.15, 0.2) is 24.3 Å². The van der Waals surface area contributed by atoms with Gasteiger partial charge in [0.2, 0.25) is 5.91 Å². The second kappa shape index (κ2) is 5.05. The van der Waals surface area contributed by atoms with E-state index in [0.29, 0.717) is 24.6 Å². The number of nitrogens with two attached hydrogens (primary N) is 1. The highest BCUT2D eigenvalue weighted by atomic mass is 16.5. The van der Waals surface area contributed by atoms with E-state index >= 15 is 0 Å². The Morgan fingerprint density at radius 1 is 1.44 bits per heavy atom. The third-order valence-electron chi connectivity index (χ3n) is 2.71. The molecule has 1 heterocycles. The lowest BCUT2D eigenvalue weighted by Gasteiger charge is -2.30. The van der Waals surface area contributed by atoms with Gasteiger partial charge in [-0.15, -0.1) is 0 Å². The molecule has 0 aliphatic carbocycles. The average molecular weight is 250 g/mol. The molecule has 1 aromatic carbocycles. The number of hydrogen-bond acceptors (Lipinski definition) is 4. The fourth-order valence-electron chi connectivity index (χ4n) is 1.87. The van der Waals surface area contributed by atoms with E-state index in [4.69, 9.17) is 15.6 Å². The zero-order valence-corrected chi connectivity index (χ0v) is 9.70. The summed E-state index contributed by atoms with van der Waals surface area (Å²) in [5, 5.41) is 8.65. The lowest BCUT2D eigenvalue weighted by atomic mass is 10.1. The number of carboxylic acids is 1. The van der Waals surface area contributed by atoms with Crippen molar-refractivity contribution in [3.63, 3.8) is 0 Å². The molecular weight excluding hydrogens is 236 g/mol. The second-order valence-corrected chi connectivity index (χ2v) is 4.01. The summed E-state index contributed by atoms with van der Waals surface area (Å²) in [7, 11) is 0. The van der Waals surface area contributed by atoms with E-state index in [1.807, 2.05) is 6.07 Å². The van der Waals surface area contributed by atoms with E-state index in [0.717, 1.165) is 0 Å². The summed E-state index contributed by atoms with van der Waals surface area (Å²) < 4.78 is 5.41. The van der Waals surface area contributed by atoms with Gasteiger partial charge in [0, 0.05) is 0 Å². The Bertz CT molecular complexity index is 475. The van der Waals surface area contributed by atoms with Crippen molar-refractivity contribution in [1.82, 2.24) is 0 Å². The van der Waals surface area contributed by atoms with Crippen molar-refractivity contribution < 1.29 is 19.4 Å². The lowest BCUT2D eigenvalue weighted by Crippen LogP contribution is -2.48. The molecule has 0 aromatic heterocycles. The Labute approximate surface area is 104 Å². The van der Waals surface area contributed by atoms with E-state index in [2.05, 4.69) is 0 Å². The molecule has 2 rings (SSSR count). The monoisotopic (exact) mass is 250 g/mol. The molecule has 1 unspecified atom stereocenters. The molecule has 0 radical (unpaired) electrons. The summed E-state index contributed by atoms with van der Waals surface area (Å²) in [5.41, 5.74) is 6.23. The van der Waals surface area contributed by atoms with Crippen LogP contribution in [0.3, 0.4) is 0 Å². The van der Waals surface area contributed by atoms with Crippen molar-refractivity contribution in [2.24, 2.45) is 5.73 Å². The van der Waals surface area contributed by atoms with E-state index in [-0.39, 0.29) is 6.42 Å².